The zero-order valence-corrected chi connectivity index (χ0v) is 9.30. The number of nitriles is 1. The van der Waals surface area contributed by atoms with E-state index in [9.17, 15) is 0 Å². The molecule has 0 amide bonds. The molecular formula is C12H13ClN2. The van der Waals surface area contributed by atoms with E-state index in [0.29, 0.717) is 5.02 Å². The van der Waals surface area contributed by atoms with Gasteiger partial charge in [0.25, 0.3) is 0 Å². The van der Waals surface area contributed by atoms with Crippen molar-refractivity contribution in [2.45, 2.75) is 19.3 Å². The molecule has 0 unspecified atom stereocenters. The van der Waals surface area contributed by atoms with Gasteiger partial charge < -0.3 is 4.90 Å². The van der Waals surface area contributed by atoms with Crippen LogP contribution in [0.4, 0.5) is 5.69 Å². The number of hydrogen-bond acceptors (Lipinski definition) is 2. The van der Waals surface area contributed by atoms with Gasteiger partial charge in [0.15, 0.2) is 0 Å². The van der Waals surface area contributed by atoms with Crippen molar-refractivity contribution in [2.75, 3.05) is 18.0 Å². The summed E-state index contributed by atoms with van der Waals surface area (Å²) in [6.45, 7) is 2.07. The van der Waals surface area contributed by atoms with Gasteiger partial charge in [0.1, 0.15) is 6.07 Å². The van der Waals surface area contributed by atoms with Gasteiger partial charge in [0.05, 0.1) is 11.3 Å². The Balaban J connectivity index is 2.32. The Morgan fingerprint density at radius 2 is 1.93 bits per heavy atom. The molecule has 1 aromatic carbocycles. The summed E-state index contributed by atoms with van der Waals surface area (Å²) in [6.07, 6.45) is 3.70. The highest BCUT2D eigenvalue weighted by Crippen LogP contribution is 2.26. The van der Waals surface area contributed by atoms with E-state index >= 15 is 0 Å². The van der Waals surface area contributed by atoms with E-state index in [4.69, 9.17) is 16.9 Å². The van der Waals surface area contributed by atoms with E-state index in [1.54, 1.807) is 12.1 Å². The minimum Gasteiger partial charge on any atom is -0.370 e. The van der Waals surface area contributed by atoms with Crippen molar-refractivity contribution >= 4 is 17.3 Å². The summed E-state index contributed by atoms with van der Waals surface area (Å²) in [5.41, 5.74) is 1.71. The summed E-state index contributed by atoms with van der Waals surface area (Å²) in [4.78, 5) is 2.26. The maximum atomic E-state index is 9.02. The number of anilines is 1. The van der Waals surface area contributed by atoms with E-state index in [2.05, 4.69) is 11.0 Å². The molecule has 1 heterocycles. The van der Waals surface area contributed by atoms with Crippen molar-refractivity contribution in [3.05, 3.63) is 28.8 Å². The first-order valence-corrected chi connectivity index (χ1v) is 5.63. The minimum absolute atomic E-state index is 0.703. The summed E-state index contributed by atoms with van der Waals surface area (Å²) in [6, 6.07) is 7.68. The fourth-order valence-corrected chi connectivity index (χ4v) is 2.16. The molecule has 3 heteroatoms. The van der Waals surface area contributed by atoms with Gasteiger partial charge in [-0.05, 0) is 37.5 Å². The molecule has 78 valence electrons. The molecule has 2 nitrogen and oxygen atoms in total. The molecule has 1 aliphatic rings. The summed E-state index contributed by atoms with van der Waals surface area (Å²) in [5, 5.41) is 9.72. The normalized spacial score (nSPS) is 16.1. The topological polar surface area (TPSA) is 27.0 Å². The molecule has 15 heavy (non-hydrogen) atoms. The Labute approximate surface area is 95.1 Å². The van der Waals surface area contributed by atoms with Crippen molar-refractivity contribution in [3.63, 3.8) is 0 Å². The number of halogens is 1. The van der Waals surface area contributed by atoms with Gasteiger partial charge in [0, 0.05) is 18.1 Å². The third-order valence-electron chi connectivity index (χ3n) is 2.78. The van der Waals surface area contributed by atoms with Crippen LogP contribution in [0.3, 0.4) is 0 Å². The van der Waals surface area contributed by atoms with Crippen molar-refractivity contribution in [3.8, 4) is 6.07 Å². The first-order chi connectivity index (χ1) is 7.31. The van der Waals surface area contributed by atoms with Crippen LogP contribution >= 0.6 is 11.6 Å². The third-order valence-corrected chi connectivity index (χ3v) is 3.01. The molecule has 0 atom stereocenters. The van der Waals surface area contributed by atoms with E-state index in [1.807, 2.05) is 6.07 Å². The van der Waals surface area contributed by atoms with Crippen LogP contribution in [0, 0.1) is 11.3 Å². The summed E-state index contributed by atoms with van der Waals surface area (Å²) < 4.78 is 0. The molecule has 1 aliphatic heterocycles. The average molecular weight is 221 g/mol. The van der Waals surface area contributed by atoms with E-state index in [-0.39, 0.29) is 0 Å². The molecule has 2 rings (SSSR count). The fraction of sp³-hybridized carbons (Fsp3) is 0.417. The van der Waals surface area contributed by atoms with Crippen LogP contribution in [-0.2, 0) is 0 Å². The van der Waals surface area contributed by atoms with E-state index in [0.717, 1.165) is 24.3 Å². The number of nitrogens with zero attached hydrogens (tertiary/aromatic N) is 2. The average Bonchev–Trinajstić information content (AvgIpc) is 2.30. The first kappa shape index (κ1) is 10.3. The van der Waals surface area contributed by atoms with Crippen molar-refractivity contribution in [1.82, 2.24) is 0 Å². The molecule has 0 N–H and O–H groups in total. The summed E-state index contributed by atoms with van der Waals surface area (Å²) >= 11 is 5.96. The van der Waals surface area contributed by atoms with Crippen LogP contribution in [0.15, 0.2) is 18.2 Å². The molecule has 0 radical (unpaired) electrons. The SMILES string of the molecule is N#Cc1ccc(Cl)cc1N1CCCCC1. The zero-order chi connectivity index (χ0) is 10.7. The Morgan fingerprint density at radius 1 is 1.20 bits per heavy atom. The quantitative estimate of drug-likeness (QED) is 0.727. The molecule has 1 saturated heterocycles. The fourth-order valence-electron chi connectivity index (χ4n) is 2.00. The predicted octanol–water partition coefficient (Wildman–Crippen LogP) is 3.20. The molecular weight excluding hydrogens is 208 g/mol. The molecule has 0 spiro atoms. The van der Waals surface area contributed by atoms with Crippen LogP contribution in [0.2, 0.25) is 5.02 Å². The highest BCUT2D eigenvalue weighted by molar-refractivity contribution is 6.30. The molecule has 1 fully saturated rings. The highest BCUT2D eigenvalue weighted by Gasteiger charge is 2.14. The minimum atomic E-state index is 0.703. The maximum Gasteiger partial charge on any atom is 0.101 e. The van der Waals surface area contributed by atoms with Gasteiger partial charge >= 0.3 is 0 Å². The molecule has 0 aromatic heterocycles. The number of piperidine rings is 1. The Bertz CT molecular complexity index is 389. The van der Waals surface area contributed by atoms with Crippen LogP contribution in [-0.4, -0.2) is 13.1 Å². The van der Waals surface area contributed by atoms with Crippen LogP contribution in [0.25, 0.3) is 0 Å². The Morgan fingerprint density at radius 3 is 2.60 bits per heavy atom. The lowest BCUT2D eigenvalue weighted by Crippen LogP contribution is -2.29. The zero-order valence-electron chi connectivity index (χ0n) is 8.54. The molecule has 0 aliphatic carbocycles. The second-order valence-electron chi connectivity index (χ2n) is 3.82. The van der Waals surface area contributed by atoms with Crippen molar-refractivity contribution < 1.29 is 0 Å². The van der Waals surface area contributed by atoms with Crippen LogP contribution in [0.5, 0.6) is 0 Å². The van der Waals surface area contributed by atoms with Gasteiger partial charge in [-0.15, -0.1) is 0 Å². The van der Waals surface area contributed by atoms with Gasteiger partial charge in [-0.1, -0.05) is 11.6 Å². The summed E-state index contributed by atoms with van der Waals surface area (Å²) in [5.74, 6) is 0. The predicted molar refractivity (Wildman–Crippen MR) is 62.2 cm³/mol. The van der Waals surface area contributed by atoms with Crippen LogP contribution < -0.4 is 4.90 Å². The Kier molecular flexibility index (Phi) is 3.13. The third kappa shape index (κ3) is 2.24. The molecule has 1 aromatic rings. The van der Waals surface area contributed by atoms with Crippen LogP contribution in [0.1, 0.15) is 24.8 Å². The smallest absolute Gasteiger partial charge is 0.101 e. The number of hydrogen-bond donors (Lipinski definition) is 0. The van der Waals surface area contributed by atoms with E-state index < -0.39 is 0 Å². The Hall–Kier alpha value is -1.20. The highest BCUT2D eigenvalue weighted by atomic mass is 35.5. The number of rotatable bonds is 1. The monoisotopic (exact) mass is 220 g/mol. The van der Waals surface area contributed by atoms with Crippen molar-refractivity contribution in [1.29, 1.82) is 5.26 Å². The molecule has 0 saturated carbocycles. The maximum absolute atomic E-state index is 9.02. The van der Waals surface area contributed by atoms with Crippen molar-refractivity contribution in [2.24, 2.45) is 0 Å². The standard InChI is InChI=1S/C12H13ClN2/c13-11-5-4-10(9-14)12(8-11)15-6-2-1-3-7-15/h4-5,8H,1-3,6-7H2. The lowest BCUT2D eigenvalue weighted by Gasteiger charge is -2.29. The van der Waals surface area contributed by atoms with Gasteiger partial charge in [-0.25, -0.2) is 0 Å². The molecule has 0 bridgehead atoms. The van der Waals surface area contributed by atoms with E-state index in [1.165, 1.54) is 19.3 Å². The van der Waals surface area contributed by atoms with Gasteiger partial charge in [-0.3, -0.25) is 0 Å². The first-order valence-electron chi connectivity index (χ1n) is 5.26. The number of benzene rings is 1. The second-order valence-corrected chi connectivity index (χ2v) is 4.26. The van der Waals surface area contributed by atoms with Gasteiger partial charge in [0.2, 0.25) is 0 Å². The lowest BCUT2D eigenvalue weighted by atomic mass is 10.1. The largest absolute Gasteiger partial charge is 0.370 e. The summed E-state index contributed by atoms with van der Waals surface area (Å²) in [7, 11) is 0. The second kappa shape index (κ2) is 4.55. The van der Waals surface area contributed by atoms with Gasteiger partial charge in [-0.2, -0.15) is 5.26 Å². The lowest BCUT2D eigenvalue weighted by molar-refractivity contribution is 0.577.